The van der Waals surface area contributed by atoms with Crippen LogP contribution in [0.1, 0.15) is 12.8 Å². The van der Waals surface area contributed by atoms with E-state index in [4.69, 9.17) is 9.84 Å². The fourth-order valence-electron chi connectivity index (χ4n) is 1.77. The Morgan fingerprint density at radius 3 is 2.82 bits per heavy atom. The molecule has 1 aromatic rings. The van der Waals surface area contributed by atoms with Crippen LogP contribution in [0.25, 0.3) is 0 Å². The van der Waals surface area contributed by atoms with Crippen molar-refractivity contribution in [2.75, 3.05) is 12.4 Å². The molecule has 0 bridgehead atoms. The van der Waals surface area contributed by atoms with E-state index in [1.54, 1.807) is 13.2 Å². The number of aliphatic carboxylic acids is 1. The molecule has 0 spiro atoms. The maximum absolute atomic E-state index is 11.2. The highest BCUT2D eigenvalue weighted by Crippen LogP contribution is 2.36. The molecule has 5 heteroatoms. The molecule has 1 aliphatic rings. The average molecular weight is 300 g/mol. The molecule has 0 aromatic heterocycles. The van der Waals surface area contributed by atoms with Gasteiger partial charge in [-0.3, -0.25) is 0 Å². The molecule has 0 amide bonds. The van der Waals surface area contributed by atoms with E-state index in [9.17, 15) is 4.79 Å². The molecule has 4 nitrogen and oxygen atoms in total. The molecule has 2 rings (SSSR count). The Kier molecular flexibility index (Phi) is 3.57. The molecule has 1 atom stereocenters. The van der Waals surface area contributed by atoms with Gasteiger partial charge in [0.05, 0.1) is 12.8 Å². The molecule has 1 aliphatic carbocycles. The van der Waals surface area contributed by atoms with E-state index in [0.29, 0.717) is 11.4 Å². The molecule has 0 radical (unpaired) electrons. The lowest BCUT2D eigenvalue weighted by Crippen LogP contribution is -2.31. The third-order valence-corrected chi connectivity index (χ3v) is 3.33. The van der Waals surface area contributed by atoms with Crippen molar-refractivity contribution in [2.45, 2.75) is 18.9 Å². The van der Waals surface area contributed by atoms with Gasteiger partial charge in [0.15, 0.2) is 0 Å². The largest absolute Gasteiger partial charge is 0.495 e. The number of carboxylic acid groups (broad SMARTS) is 1. The summed E-state index contributed by atoms with van der Waals surface area (Å²) in [5.74, 6) is 0.0748. The van der Waals surface area contributed by atoms with Crippen molar-refractivity contribution in [1.82, 2.24) is 0 Å². The second-order valence-corrected chi connectivity index (χ2v) is 5.06. The van der Waals surface area contributed by atoms with E-state index >= 15 is 0 Å². The van der Waals surface area contributed by atoms with Gasteiger partial charge in [-0.1, -0.05) is 15.9 Å². The van der Waals surface area contributed by atoms with E-state index in [1.165, 1.54) is 0 Å². The van der Waals surface area contributed by atoms with Gasteiger partial charge < -0.3 is 15.2 Å². The molecule has 0 heterocycles. The standard InChI is InChI=1S/C12H14BrNO3/c1-17-10-5-4-8(13)6-9(10)14-11(12(15)16)7-2-3-7/h4-7,11,14H,2-3H2,1H3,(H,15,16). The third kappa shape index (κ3) is 2.91. The minimum atomic E-state index is -0.811. The van der Waals surface area contributed by atoms with E-state index in [2.05, 4.69) is 21.2 Å². The number of carbonyl (C=O) groups is 1. The SMILES string of the molecule is COc1ccc(Br)cc1NC(C(=O)O)C1CC1. The van der Waals surface area contributed by atoms with Crippen molar-refractivity contribution in [3.05, 3.63) is 22.7 Å². The first-order valence-electron chi connectivity index (χ1n) is 5.44. The van der Waals surface area contributed by atoms with Gasteiger partial charge in [0.25, 0.3) is 0 Å². The van der Waals surface area contributed by atoms with Crippen molar-refractivity contribution in [2.24, 2.45) is 5.92 Å². The number of hydrogen-bond donors (Lipinski definition) is 2. The van der Waals surface area contributed by atoms with Crippen LogP contribution in [0.3, 0.4) is 0 Å². The van der Waals surface area contributed by atoms with Gasteiger partial charge in [-0.15, -0.1) is 0 Å². The van der Waals surface area contributed by atoms with Crippen LogP contribution in [-0.4, -0.2) is 24.2 Å². The zero-order valence-corrected chi connectivity index (χ0v) is 11.0. The number of anilines is 1. The van der Waals surface area contributed by atoms with E-state index in [-0.39, 0.29) is 5.92 Å². The van der Waals surface area contributed by atoms with Gasteiger partial charge >= 0.3 is 5.97 Å². The summed E-state index contributed by atoms with van der Waals surface area (Å²) >= 11 is 3.36. The van der Waals surface area contributed by atoms with Crippen LogP contribution in [0.4, 0.5) is 5.69 Å². The van der Waals surface area contributed by atoms with Crippen molar-refractivity contribution in [3.8, 4) is 5.75 Å². The van der Waals surface area contributed by atoms with Gasteiger partial charge in [0.2, 0.25) is 0 Å². The number of hydrogen-bond acceptors (Lipinski definition) is 3. The minimum Gasteiger partial charge on any atom is -0.495 e. The summed E-state index contributed by atoms with van der Waals surface area (Å²) < 4.78 is 6.09. The summed E-state index contributed by atoms with van der Waals surface area (Å²) in [7, 11) is 1.57. The second kappa shape index (κ2) is 4.96. The first-order valence-corrected chi connectivity index (χ1v) is 6.24. The first-order chi connectivity index (χ1) is 8.11. The number of rotatable bonds is 5. The maximum atomic E-state index is 11.2. The molecule has 1 unspecified atom stereocenters. The number of nitrogens with one attached hydrogen (secondary N) is 1. The summed E-state index contributed by atoms with van der Waals surface area (Å²) in [4.78, 5) is 11.2. The lowest BCUT2D eigenvalue weighted by Gasteiger charge is -2.17. The highest BCUT2D eigenvalue weighted by atomic mass is 79.9. The molecule has 1 fully saturated rings. The van der Waals surface area contributed by atoms with Crippen LogP contribution in [0, 0.1) is 5.92 Å². The van der Waals surface area contributed by atoms with Crippen LogP contribution in [0.2, 0.25) is 0 Å². The van der Waals surface area contributed by atoms with E-state index in [0.717, 1.165) is 17.3 Å². The fourth-order valence-corrected chi connectivity index (χ4v) is 2.13. The predicted octanol–water partition coefficient (Wildman–Crippen LogP) is 2.73. The molecule has 0 aliphatic heterocycles. The lowest BCUT2D eigenvalue weighted by atomic mass is 10.1. The Morgan fingerprint density at radius 2 is 2.29 bits per heavy atom. The smallest absolute Gasteiger partial charge is 0.326 e. The van der Waals surface area contributed by atoms with Crippen molar-refractivity contribution < 1.29 is 14.6 Å². The Hall–Kier alpha value is -1.23. The predicted molar refractivity (Wildman–Crippen MR) is 68.5 cm³/mol. The lowest BCUT2D eigenvalue weighted by molar-refractivity contribution is -0.138. The molecule has 1 aromatic carbocycles. The zero-order valence-electron chi connectivity index (χ0n) is 9.44. The topological polar surface area (TPSA) is 58.6 Å². The summed E-state index contributed by atoms with van der Waals surface area (Å²) in [6, 6.07) is 4.96. The van der Waals surface area contributed by atoms with Crippen LogP contribution >= 0.6 is 15.9 Å². The number of carboxylic acids is 1. The van der Waals surface area contributed by atoms with Crippen LogP contribution < -0.4 is 10.1 Å². The summed E-state index contributed by atoms with van der Waals surface area (Å²) in [6.45, 7) is 0. The van der Waals surface area contributed by atoms with Crippen LogP contribution in [0.5, 0.6) is 5.75 Å². The van der Waals surface area contributed by atoms with Gasteiger partial charge in [0.1, 0.15) is 11.8 Å². The maximum Gasteiger partial charge on any atom is 0.326 e. The Morgan fingerprint density at radius 1 is 1.59 bits per heavy atom. The van der Waals surface area contributed by atoms with Crippen molar-refractivity contribution in [1.29, 1.82) is 0 Å². The van der Waals surface area contributed by atoms with Gasteiger partial charge in [0, 0.05) is 4.47 Å². The molecule has 1 saturated carbocycles. The highest BCUT2D eigenvalue weighted by Gasteiger charge is 2.36. The highest BCUT2D eigenvalue weighted by molar-refractivity contribution is 9.10. The normalized spacial score (nSPS) is 16.4. The molecule has 17 heavy (non-hydrogen) atoms. The van der Waals surface area contributed by atoms with Crippen LogP contribution in [0.15, 0.2) is 22.7 Å². The van der Waals surface area contributed by atoms with E-state index < -0.39 is 12.0 Å². The Balaban J connectivity index is 2.20. The van der Waals surface area contributed by atoms with Gasteiger partial charge in [-0.2, -0.15) is 0 Å². The zero-order chi connectivity index (χ0) is 12.4. The number of methoxy groups -OCH3 is 1. The quantitative estimate of drug-likeness (QED) is 0.878. The first kappa shape index (κ1) is 12.2. The summed E-state index contributed by atoms with van der Waals surface area (Å²) in [6.07, 6.45) is 1.95. The minimum absolute atomic E-state index is 0.233. The van der Waals surface area contributed by atoms with Gasteiger partial charge in [-0.25, -0.2) is 4.79 Å². The third-order valence-electron chi connectivity index (χ3n) is 2.83. The number of ether oxygens (including phenoxy) is 1. The summed E-state index contributed by atoms with van der Waals surface area (Å²) in [5, 5.41) is 12.2. The van der Waals surface area contributed by atoms with Gasteiger partial charge in [-0.05, 0) is 37.0 Å². The molecular formula is C12H14BrNO3. The monoisotopic (exact) mass is 299 g/mol. The number of halogens is 1. The van der Waals surface area contributed by atoms with Crippen molar-refractivity contribution >= 4 is 27.6 Å². The second-order valence-electron chi connectivity index (χ2n) is 4.14. The Labute approximate surface area is 108 Å². The molecule has 2 N–H and O–H groups in total. The average Bonchev–Trinajstić information content (AvgIpc) is 3.09. The Bertz CT molecular complexity index is 432. The van der Waals surface area contributed by atoms with Crippen LogP contribution in [-0.2, 0) is 4.79 Å². The summed E-state index contributed by atoms with van der Waals surface area (Å²) in [5.41, 5.74) is 0.709. The molecule has 0 saturated heterocycles. The van der Waals surface area contributed by atoms with E-state index in [1.807, 2.05) is 12.1 Å². The fraction of sp³-hybridized carbons (Fsp3) is 0.417. The van der Waals surface area contributed by atoms with Crippen molar-refractivity contribution in [3.63, 3.8) is 0 Å². The molecular weight excluding hydrogens is 286 g/mol. The molecule has 92 valence electrons. The number of benzene rings is 1.